The number of nitrogens with zero attached hydrogens (tertiary/aromatic N) is 4. The lowest BCUT2D eigenvalue weighted by atomic mass is 10.1. The van der Waals surface area contributed by atoms with E-state index in [1.54, 1.807) is 26.1 Å². The average Bonchev–Trinajstić information content (AvgIpc) is 2.61. The predicted octanol–water partition coefficient (Wildman–Crippen LogP) is 1.72. The van der Waals surface area contributed by atoms with Crippen molar-refractivity contribution < 1.29 is 4.79 Å². The van der Waals surface area contributed by atoms with Crippen LogP contribution in [0, 0.1) is 13.8 Å². The summed E-state index contributed by atoms with van der Waals surface area (Å²) >= 11 is 6.19. The molecule has 0 spiro atoms. The number of anilines is 1. The Hall–Kier alpha value is -2.41. The number of rotatable bonds is 4. The van der Waals surface area contributed by atoms with Crippen LogP contribution < -0.4 is 10.5 Å². The van der Waals surface area contributed by atoms with Crippen LogP contribution in [0.5, 0.6) is 0 Å². The normalized spacial score (nSPS) is 14.6. The van der Waals surface area contributed by atoms with Crippen LogP contribution in [0.2, 0.25) is 5.02 Å². The molecule has 7 nitrogen and oxygen atoms in total. The van der Waals surface area contributed by atoms with E-state index < -0.39 is 0 Å². The zero-order valence-electron chi connectivity index (χ0n) is 15.0. The van der Waals surface area contributed by atoms with Crippen LogP contribution in [-0.4, -0.2) is 51.9 Å². The molecule has 1 aliphatic heterocycles. The topological polar surface area (TPSA) is 82.2 Å². The van der Waals surface area contributed by atoms with Gasteiger partial charge in [-0.15, -0.1) is 0 Å². The fourth-order valence-corrected chi connectivity index (χ4v) is 3.45. The summed E-state index contributed by atoms with van der Waals surface area (Å²) in [6.07, 6.45) is 2.42. The third kappa shape index (κ3) is 4.04. The van der Waals surface area contributed by atoms with Gasteiger partial charge in [-0.1, -0.05) is 11.6 Å². The van der Waals surface area contributed by atoms with E-state index in [2.05, 4.69) is 19.9 Å². The van der Waals surface area contributed by atoms with Gasteiger partial charge >= 0.3 is 0 Å². The molecule has 138 valence electrons. The second-order valence-electron chi connectivity index (χ2n) is 6.39. The number of hydrogen-bond donors (Lipinski definition) is 1. The second-order valence-corrected chi connectivity index (χ2v) is 6.80. The standard InChI is InChI=1S/C18H22ClN5O2/c1-12-14(18(26)22-13(2)21-12)5-6-16(25)23-8-10-24(11-9-23)17-15(19)4-3-7-20-17/h3-4,7H,5-6,8-11H2,1-2H3,(H,21,22,26). The Morgan fingerprint density at radius 2 is 2.00 bits per heavy atom. The highest BCUT2D eigenvalue weighted by Crippen LogP contribution is 2.23. The average molecular weight is 376 g/mol. The Bertz CT molecular complexity index is 859. The molecule has 2 aromatic rings. The van der Waals surface area contributed by atoms with E-state index >= 15 is 0 Å². The van der Waals surface area contributed by atoms with Gasteiger partial charge in [-0.2, -0.15) is 0 Å². The van der Waals surface area contributed by atoms with Gasteiger partial charge in [0.2, 0.25) is 5.91 Å². The van der Waals surface area contributed by atoms with Crippen molar-refractivity contribution in [1.82, 2.24) is 19.9 Å². The summed E-state index contributed by atoms with van der Waals surface area (Å²) in [5, 5.41) is 0.619. The molecule has 1 aliphatic rings. The Morgan fingerprint density at radius 3 is 2.65 bits per heavy atom. The largest absolute Gasteiger partial charge is 0.352 e. The van der Waals surface area contributed by atoms with Gasteiger partial charge in [0.25, 0.3) is 5.56 Å². The van der Waals surface area contributed by atoms with Crippen LogP contribution in [0.15, 0.2) is 23.1 Å². The molecule has 0 aromatic carbocycles. The van der Waals surface area contributed by atoms with Crippen LogP contribution in [0.1, 0.15) is 23.5 Å². The maximum Gasteiger partial charge on any atom is 0.254 e. The molecule has 1 fully saturated rings. The molecule has 8 heteroatoms. The molecular weight excluding hydrogens is 354 g/mol. The molecule has 2 aromatic heterocycles. The molecule has 0 aliphatic carbocycles. The number of aromatic nitrogens is 3. The van der Waals surface area contributed by atoms with Gasteiger partial charge in [-0.25, -0.2) is 9.97 Å². The maximum absolute atomic E-state index is 12.5. The zero-order valence-corrected chi connectivity index (χ0v) is 15.7. The van der Waals surface area contributed by atoms with E-state index in [4.69, 9.17) is 11.6 Å². The van der Waals surface area contributed by atoms with Gasteiger partial charge < -0.3 is 14.8 Å². The number of halogens is 1. The number of carbonyl (C=O) groups excluding carboxylic acids is 1. The van der Waals surface area contributed by atoms with Gasteiger partial charge in [0.1, 0.15) is 11.6 Å². The van der Waals surface area contributed by atoms with Gasteiger partial charge in [-0.05, 0) is 32.4 Å². The third-order valence-corrected chi connectivity index (χ3v) is 4.90. The monoisotopic (exact) mass is 375 g/mol. The molecule has 3 rings (SSSR count). The van der Waals surface area contributed by atoms with Gasteiger partial charge in [0, 0.05) is 50.1 Å². The number of H-pyrrole nitrogens is 1. The molecular formula is C18H22ClN5O2. The third-order valence-electron chi connectivity index (χ3n) is 4.60. The Labute approximate surface area is 157 Å². The quantitative estimate of drug-likeness (QED) is 0.879. The smallest absolute Gasteiger partial charge is 0.254 e. The van der Waals surface area contributed by atoms with Crippen LogP contribution in [0.25, 0.3) is 0 Å². The summed E-state index contributed by atoms with van der Waals surface area (Å²) in [6, 6.07) is 3.62. The van der Waals surface area contributed by atoms with E-state index in [0.717, 1.165) is 5.82 Å². The van der Waals surface area contributed by atoms with Crippen molar-refractivity contribution in [3.63, 3.8) is 0 Å². The lowest BCUT2D eigenvalue weighted by Gasteiger charge is -2.35. The zero-order chi connectivity index (χ0) is 18.7. The van der Waals surface area contributed by atoms with Crippen molar-refractivity contribution in [2.24, 2.45) is 0 Å². The SMILES string of the molecule is Cc1nc(C)c(CCC(=O)N2CCN(c3ncccc3Cl)CC2)c(=O)[nH]1. The van der Waals surface area contributed by atoms with Crippen molar-refractivity contribution in [2.75, 3.05) is 31.1 Å². The number of amides is 1. The minimum Gasteiger partial charge on any atom is -0.352 e. The first-order chi connectivity index (χ1) is 12.5. The second kappa shape index (κ2) is 7.86. The molecule has 26 heavy (non-hydrogen) atoms. The minimum atomic E-state index is -0.155. The number of aryl methyl sites for hydroxylation is 2. The Morgan fingerprint density at radius 1 is 1.27 bits per heavy atom. The fraction of sp³-hybridized carbons (Fsp3) is 0.444. The van der Waals surface area contributed by atoms with Gasteiger partial charge in [-0.3, -0.25) is 9.59 Å². The Kier molecular flexibility index (Phi) is 5.56. The summed E-state index contributed by atoms with van der Waals surface area (Å²) in [6.45, 7) is 6.16. The highest BCUT2D eigenvalue weighted by atomic mass is 35.5. The van der Waals surface area contributed by atoms with Crippen LogP contribution in [-0.2, 0) is 11.2 Å². The van der Waals surface area contributed by atoms with Crippen LogP contribution in [0.3, 0.4) is 0 Å². The van der Waals surface area contributed by atoms with Gasteiger partial charge in [0.05, 0.1) is 5.02 Å². The Balaban J connectivity index is 1.56. The predicted molar refractivity (Wildman–Crippen MR) is 101 cm³/mol. The number of nitrogens with one attached hydrogen (secondary N) is 1. The number of carbonyl (C=O) groups is 1. The fourth-order valence-electron chi connectivity index (χ4n) is 3.21. The molecule has 3 heterocycles. The first-order valence-corrected chi connectivity index (χ1v) is 9.03. The van der Waals surface area contributed by atoms with Crippen molar-refractivity contribution in [2.45, 2.75) is 26.7 Å². The lowest BCUT2D eigenvalue weighted by Crippen LogP contribution is -2.49. The molecule has 0 bridgehead atoms. The summed E-state index contributed by atoms with van der Waals surface area (Å²) in [4.78, 5) is 39.7. The number of piperazine rings is 1. The van der Waals surface area contributed by atoms with E-state index in [-0.39, 0.29) is 11.5 Å². The molecule has 0 unspecified atom stereocenters. The molecule has 0 radical (unpaired) electrons. The molecule has 0 saturated carbocycles. The van der Waals surface area contributed by atoms with Crippen molar-refractivity contribution in [3.05, 3.63) is 50.8 Å². The maximum atomic E-state index is 12.5. The van der Waals surface area contributed by atoms with Crippen LogP contribution >= 0.6 is 11.6 Å². The molecule has 1 N–H and O–H groups in total. The molecule has 0 atom stereocenters. The summed E-state index contributed by atoms with van der Waals surface area (Å²) in [5.41, 5.74) is 1.12. The first-order valence-electron chi connectivity index (χ1n) is 8.65. The molecule has 1 amide bonds. The highest BCUT2D eigenvalue weighted by Gasteiger charge is 2.23. The van der Waals surface area contributed by atoms with Crippen molar-refractivity contribution in [1.29, 1.82) is 0 Å². The summed E-state index contributed by atoms with van der Waals surface area (Å²) < 4.78 is 0. The van der Waals surface area contributed by atoms with Gasteiger partial charge in [0.15, 0.2) is 0 Å². The highest BCUT2D eigenvalue weighted by molar-refractivity contribution is 6.32. The first kappa shape index (κ1) is 18.4. The number of pyridine rings is 1. The van der Waals surface area contributed by atoms with Crippen LogP contribution in [0.4, 0.5) is 5.82 Å². The van der Waals surface area contributed by atoms with E-state index in [0.29, 0.717) is 61.1 Å². The van der Waals surface area contributed by atoms with E-state index in [9.17, 15) is 9.59 Å². The summed E-state index contributed by atoms with van der Waals surface area (Å²) in [7, 11) is 0. The van der Waals surface area contributed by atoms with Crippen molar-refractivity contribution in [3.8, 4) is 0 Å². The lowest BCUT2D eigenvalue weighted by molar-refractivity contribution is -0.131. The van der Waals surface area contributed by atoms with Crippen molar-refractivity contribution >= 4 is 23.3 Å². The molecule has 1 saturated heterocycles. The van der Waals surface area contributed by atoms with E-state index in [1.807, 2.05) is 11.0 Å². The summed E-state index contributed by atoms with van der Waals surface area (Å²) in [5.74, 6) is 1.40. The minimum absolute atomic E-state index is 0.0520. The number of hydrogen-bond acceptors (Lipinski definition) is 5. The number of aromatic amines is 1. The van der Waals surface area contributed by atoms with E-state index in [1.165, 1.54) is 0 Å².